The average molecular weight is 167 g/mol. The summed E-state index contributed by atoms with van der Waals surface area (Å²) in [6, 6.07) is 0. The predicted molar refractivity (Wildman–Crippen MR) is 38.1 cm³/mol. The first-order chi connectivity index (χ1) is 5.72. The van der Waals surface area contributed by atoms with Crippen molar-refractivity contribution in [1.82, 2.24) is 5.32 Å². The van der Waals surface area contributed by atoms with Crippen LogP contribution in [0.3, 0.4) is 0 Å². The third kappa shape index (κ3) is 0.513. The normalized spacial score (nSPS) is 49.7. The lowest BCUT2D eigenvalue weighted by Gasteiger charge is -2.19. The van der Waals surface area contributed by atoms with Crippen molar-refractivity contribution in [2.75, 3.05) is 0 Å². The number of rotatable bonds is 0. The van der Waals surface area contributed by atoms with Crippen molar-refractivity contribution in [3.63, 3.8) is 0 Å². The van der Waals surface area contributed by atoms with Crippen molar-refractivity contribution in [1.29, 1.82) is 0 Å². The molecule has 0 aromatic heterocycles. The highest BCUT2D eigenvalue weighted by Gasteiger charge is 2.65. The van der Waals surface area contributed by atoms with Crippen LogP contribution >= 0.6 is 0 Å². The molecule has 3 atom stereocenters. The minimum Gasteiger partial charge on any atom is -0.361 e. The molecule has 4 heteroatoms. The number of hydrogen-bond donors (Lipinski definition) is 1. The van der Waals surface area contributed by atoms with Crippen molar-refractivity contribution in [3.8, 4) is 0 Å². The lowest BCUT2D eigenvalue weighted by molar-refractivity contribution is -0.136. The number of nitrogens with one attached hydrogen (secondary N) is 1. The van der Waals surface area contributed by atoms with E-state index in [2.05, 4.69) is 5.32 Å². The van der Waals surface area contributed by atoms with E-state index in [1.165, 1.54) is 0 Å². The molecule has 12 heavy (non-hydrogen) atoms. The maximum Gasteiger partial charge on any atom is 0.259 e. The molecule has 3 heterocycles. The highest BCUT2D eigenvalue weighted by atomic mass is 16.5. The number of carbonyl (C=O) groups excluding carboxylic acids is 2. The Bertz CT molecular complexity index is 288. The van der Waals surface area contributed by atoms with Crippen LogP contribution in [0, 0.1) is 5.92 Å². The zero-order chi connectivity index (χ0) is 8.34. The third-order valence-electron chi connectivity index (χ3n) is 3.21. The highest BCUT2D eigenvalue weighted by Crippen LogP contribution is 2.50. The summed E-state index contributed by atoms with van der Waals surface area (Å²) in [6.45, 7) is 0. The van der Waals surface area contributed by atoms with Crippen LogP contribution in [0.15, 0.2) is 0 Å². The lowest BCUT2D eigenvalue weighted by Crippen LogP contribution is -2.39. The lowest BCUT2D eigenvalue weighted by atomic mass is 9.80. The average Bonchev–Trinajstić information content (AvgIpc) is 2.65. The molecule has 1 N–H and O–H groups in total. The van der Waals surface area contributed by atoms with Gasteiger partial charge in [-0.05, 0) is 19.3 Å². The highest BCUT2D eigenvalue weighted by molar-refractivity contribution is 6.09. The number of imide groups is 1. The van der Waals surface area contributed by atoms with Crippen molar-refractivity contribution < 1.29 is 14.3 Å². The zero-order valence-electron chi connectivity index (χ0n) is 6.50. The Kier molecular flexibility index (Phi) is 0.942. The van der Waals surface area contributed by atoms with Gasteiger partial charge < -0.3 is 4.74 Å². The van der Waals surface area contributed by atoms with Gasteiger partial charge in [-0.25, -0.2) is 0 Å². The molecule has 3 saturated heterocycles. The molecule has 0 radical (unpaired) electrons. The quantitative estimate of drug-likeness (QED) is 0.498. The van der Waals surface area contributed by atoms with Crippen LogP contribution in [-0.4, -0.2) is 23.5 Å². The Hall–Kier alpha value is -0.900. The fraction of sp³-hybridized carbons (Fsp3) is 0.750. The molecule has 4 nitrogen and oxygen atoms in total. The van der Waals surface area contributed by atoms with E-state index in [0.717, 1.165) is 19.3 Å². The van der Waals surface area contributed by atoms with Gasteiger partial charge in [0, 0.05) is 0 Å². The molecule has 3 unspecified atom stereocenters. The molecule has 0 aromatic carbocycles. The summed E-state index contributed by atoms with van der Waals surface area (Å²) in [6.07, 6.45) is 2.54. The van der Waals surface area contributed by atoms with E-state index in [0.29, 0.717) is 0 Å². The third-order valence-corrected chi connectivity index (χ3v) is 3.21. The van der Waals surface area contributed by atoms with Crippen LogP contribution in [0.5, 0.6) is 0 Å². The second-order valence-corrected chi connectivity index (χ2v) is 3.77. The Balaban J connectivity index is 2.10. The van der Waals surface area contributed by atoms with Crippen LogP contribution in [0.4, 0.5) is 0 Å². The Morgan fingerprint density at radius 1 is 1.50 bits per heavy atom. The molecule has 0 aliphatic carbocycles. The Morgan fingerprint density at radius 2 is 2.33 bits per heavy atom. The first-order valence-electron chi connectivity index (χ1n) is 4.25. The van der Waals surface area contributed by atoms with Gasteiger partial charge in [-0.1, -0.05) is 0 Å². The molecule has 2 bridgehead atoms. The van der Waals surface area contributed by atoms with E-state index in [9.17, 15) is 9.59 Å². The Labute approximate surface area is 69.3 Å². The van der Waals surface area contributed by atoms with E-state index >= 15 is 0 Å². The van der Waals surface area contributed by atoms with Gasteiger partial charge in [0.25, 0.3) is 5.91 Å². The second-order valence-electron chi connectivity index (χ2n) is 3.77. The molecule has 0 aromatic rings. The number of amides is 2. The minimum atomic E-state index is -0.748. The summed E-state index contributed by atoms with van der Waals surface area (Å²) in [5.41, 5.74) is -0.748. The van der Waals surface area contributed by atoms with Crippen LogP contribution < -0.4 is 5.32 Å². The smallest absolute Gasteiger partial charge is 0.259 e. The van der Waals surface area contributed by atoms with Gasteiger partial charge in [0.05, 0.1) is 12.0 Å². The fourth-order valence-corrected chi connectivity index (χ4v) is 2.62. The molecule has 0 saturated carbocycles. The van der Waals surface area contributed by atoms with Gasteiger partial charge in [-0.2, -0.15) is 0 Å². The topological polar surface area (TPSA) is 55.4 Å². The SMILES string of the molecule is O=C1NC(=O)C23CCC(CC12)O3. The Morgan fingerprint density at radius 3 is 3.00 bits per heavy atom. The molecule has 2 amide bonds. The van der Waals surface area contributed by atoms with Gasteiger partial charge in [-0.15, -0.1) is 0 Å². The van der Waals surface area contributed by atoms with Crippen molar-refractivity contribution in [2.45, 2.75) is 31.0 Å². The van der Waals surface area contributed by atoms with Crippen LogP contribution in [0.2, 0.25) is 0 Å². The monoisotopic (exact) mass is 167 g/mol. The molecule has 3 rings (SSSR count). The summed E-state index contributed by atoms with van der Waals surface area (Å²) in [4.78, 5) is 22.6. The standard InChI is InChI=1S/C8H9NO3/c10-6-5-3-4-1-2-8(5,12-4)7(11)9-6/h4-5H,1-3H2,(H,9,10,11). The van der Waals surface area contributed by atoms with E-state index < -0.39 is 5.60 Å². The number of hydrogen-bond acceptors (Lipinski definition) is 3. The van der Waals surface area contributed by atoms with E-state index in [1.54, 1.807) is 0 Å². The predicted octanol–water partition coefficient (Wildman–Crippen LogP) is -0.420. The van der Waals surface area contributed by atoms with Crippen molar-refractivity contribution in [3.05, 3.63) is 0 Å². The molecule has 64 valence electrons. The largest absolute Gasteiger partial charge is 0.361 e. The summed E-state index contributed by atoms with van der Waals surface area (Å²) < 4.78 is 5.53. The summed E-state index contributed by atoms with van der Waals surface area (Å²) in [5, 5.41) is 2.33. The molecular weight excluding hydrogens is 158 g/mol. The maximum atomic E-state index is 11.4. The van der Waals surface area contributed by atoms with Crippen LogP contribution in [0.1, 0.15) is 19.3 Å². The molecule has 3 aliphatic heterocycles. The number of carbonyl (C=O) groups is 2. The number of ether oxygens (including phenoxy) is 1. The van der Waals surface area contributed by atoms with Gasteiger partial charge in [0.2, 0.25) is 5.91 Å². The van der Waals surface area contributed by atoms with Gasteiger partial charge in [0.15, 0.2) is 5.60 Å². The second kappa shape index (κ2) is 1.71. The van der Waals surface area contributed by atoms with E-state index in [-0.39, 0.29) is 23.8 Å². The zero-order valence-corrected chi connectivity index (χ0v) is 6.50. The maximum absolute atomic E-state index is 11.4. The molecule has 3 aliphatic rings. The van der Waals surface area contributed by atoms with Gasteiger partial charge >= 0.3 is 0 Å². The van der Waals surface area contributed by atoms with Gasteiger partial charge in [-0.3, -0.25) is 14.9 Å². The molecule has 1 spiro atoms. The van der Waals surface area contributed by atoms with Crippen LogP contribution in [0.25, 0.3) is 0 Å². The minimum absolute atomic E-state index is 0.137. The van der Waals surface area contributed by atoms with Crippen LogP contribution in [-0.2, 0) is 14.3 Å². The van der Waals surface area contributed by atoms with Gasteiger partial charge in [0.1, 0.15) is 0 Å². The summed E-state index contributed by atoms with van der Waals surface area (Å²) in [5.74, 6) is -0.538. The van der Waals surface area contributed by atoms with Crippen molar-refractivity contribution in [2.24, 2.45) is 5.92 Å². The van der Waals surface area contributed by atoms with E-state index in [1.807, 2.05) is 0 Å². The number of fused-ring (bicyclic) bond motifs is 1. The summed E-state index contributed by atoms with van der Waals surface area (Å²) in [7, 11) is 0. The molecular formula is C8H9NO3. The van der Waals surface area contributed by atoms with E-state index in [4.69, 9.17) is 4.74 Å². The first kappa shape index (κ1) is 6.60. The molecule has 3 fully saturated rings. The first-order valence-corrected chi connectivity index (χ1v) is 4.25. The fourth-order valence-electron chi connectivity index (χ4n) is 2.62. The van der Waals surface area contributed by atoms with Crippen molar-refractivity contribution >= 4 is 11.8 Å². The summed E-state index contributed by atoms with van der Waals surface area (Å²) >= 11 is 0.